The summed E-state index contributed by atoms with van der Waals surface area (Å²) in [5.41, 5.74) is 1.96. The first kappa shape index (κ1) is 12.5. The summed E-state index contributed by atoms with van der Waals surface area (Å²) in [4.78, 5) is 11.6. The van der Waals surface area contributed by atoms with Crippen LogP contribution in [-0.4, -0.2) is 28.7 Å². The smallest absolute Gasteiger partial charge is 0.152 e. The summed E-state index contributed by atoms with van der Waals surface area (Å²) in [6.45, 7) is 2.79. The summed E-state index contributed by atoms with van der Waals surface area (Å²) < 4.78 is 1.76. The predicted molar refractivity (Wildman–Crippen MR) is 63.0 cm³/mol. The van der Waals surface area contributed by atoms with Gasteiger partial charge in [-0.2, -0.15) is 5.10 Å². The molecule has 0 atom stereocenters. The zero-order chi connectivity index (χ0) is 12.0. The van der Waals surface area contributed by atoms with E-state index in [-0.39, 0.29) is 5.78 Å². The number of nitrogens with one attached hydrogen (secondary N) is 1. The lowest BCUT2D eigenvalue weighted by molar-refractivity contribution is -0.117. The highest BCUT2D eigenvalue weighted by molar-refractivity contribution is 5.82. The van der Waals surface area contributed by atoms with Crippen molar-refractivity contribution in [3.63, 3.8) is 0 Å². The maximum Gasteiger partial charge on any atom is 0.152 e. The van der Waals surface area contributed by atoms with Gasteiger partial charge >= 0.3 is 0 Å². The van der Waals surface area contributed by atoms with Crippen LogP contribution in [-0.2, 0) is 24.7 Å². The van der Waals surface area contributed by atoms with Gasteiger partial charge in [-0.25, -0.2) is 0 Å². The predicted octanol–water partition coefficient (Wildman–Crippen LogP) is 0.317. The van der Waals surface area contributed by atoms with E-state index in [1.165, 1.54) is 0 Å². The Morgan fingerprint density at radius 2 is 2.44 bits per heavy atom. The van der Waals surface area contributed by atoms with Gasteiger partial charge in [0.25, 0.3) is 0 Å². The normalized spacial score (nSPS) is 10.1. The molecule has 0 saturated heterocycles. The molecule has 0 unspecified atom stereocenters. The molecule has 1 aromatic rings. The lowest BCUT2D eigenvalue weighted by Crippen LogP contribution is -2.25. The molecular weight excluding hydrogens is 202 g/mol. The number of rotatable bonds is 6. The van der Waals surface area contributed by atoms with Crippen molar-refractivity contribution in [3.05, 3.63) is 17.5 Å². The van der Waals surface area contributed by atoms with E-state index in [1.54, 1.807) is 4.68 Å². The maximum absolute atomic E-state index is 11.6. The van der Waals surface area contributed by atoms with Crippen LogP contribution in [0.3, 0.4) is 0 Å². The number of ketones is 1. The van der Waals surface area contributed by atoms with E-state index >= 15 is 0 Å². The zero-order valence-electron chi connectivity index (χ0n) is 9.79. The Morgan fingerprint density at radius 1 is 1.69 bits per heavy atom. The largest absolute Gasteiger partial charge is 0.299 e. The van der Waals surface area contributed by atoms with Gasteiger partial charge in [0.1, 0.15) is 0 Å². The molecule has 0 radical (unpaired) electrons. The van der Waals surface area contributed by atoms with Crippen molar-refractivity contribution in [2.45, 2.75) is 19.8 Å². The van der Waals surface area contributed by atoms with Crippen LogP contribution in [0.2, 0.25) is 0 Å². The van der Waals surface area contributed by atoms with Crippen LogP contribution in [0.1, 0.15) is 18.3 Å². The molecule has 0 bridgehead atoms. The van der Waals surface area contributed by atoms with Crippen LogP contribution >= 0.6 is 0 Å². The van der Waals surface area contributed by atoms with E-state index in [4.69, 9.17) is 6.42 Å². The van der Waals surface area contributed by atoms with Crippen molar-refractivity contribution >= 4 is 5.78 Å². The van der Waals surface area contributed by atoms with Gasteiger partial charge in [0, 0.05) is 19.2 Å². The molecular formula is C12H17N3O. The molecule has 0 aliphatic heterocycles. The molecule has 1 rings (SSSR count). The lowest BCUT2D eigenvalue weighted by Gasteiger charge is -2.01. The molecule has 86 valence electrons. The lowest BCUT2D eigenvalue weighted by atomic mass is 10.2. The Labute approximate surface area is 96.0 Å². The monoisotopic (exact) mass is 219 g/mol. The SMILES string of the molecule is C#CCNCC(=O)Cc1cc(CC)nn1C. The maximum atomic E-state index is 11.6. The number of hydrogen-bond donors (Lipinski definition) is 1. The molecule has 0 amide bonds. The second-order valence-corrected chi connectivity index (χ2v) is 3.63. The van der Waals surface area contributed by atoms with Crippen molar-refractivity contribution < 1.29 is 4.79 Å². The van der Waals surface area contributed by atoms with E-state index in [0.29, 0.717) is 19.5 Å². The van der Waals surface area contributed by atoms with Gasteiger partial charge in [0.2, 0.25) is 0 Å². The first-order valence-corrected chi connectivity index (χ1v) is 5.35. The minimum Gasteiger partial charge on any atom is -0.299 e. The third-order valence-corrected chi connectivity index (χ3v) is 2.32. The molecule has 0 saturated carbocycles. The first-order valence-electron chi connectivity index (χ1n) is 5.35. The molecule has 0 fully saturated rings. The number of aromatic nitrogens is 2. The topological polar surface area (TPSA) is 46.9 Å². The van der Waals surface area contributed by atoms with Gasteiger partial charge in [0.15, 0.2) is 5.78 Å². The molecule has 4 nitrogen and oxygen atoms in total. The van der Waals surface area contributed by atoms with Gasteiger partial charge in [-0.1, -0.05) is 12.8 Å². The van der Waals surface area contributed by atoms with E-state index in [9.17, 15) is 4.79 Å². The third kappa shape index (κ3) is 3.52. The highest BCUT2D eigenvalue weighted by Crippen LogP contribution is 2.04. The van der Waals surface area contributed by atoms with Crippen LogP contribution in [0.4, 0.5) is 0 Å². The number of carbonyl (C=O) groups is 1. The number of aryl methyl sites for hydroxylation is 2. The number of carbonyl (C=O) groups excluding carboxylic acids is 1. The van der Waals surface area contributed by atoms with Crippen molar-refractivity contribution in [1.82, 2.24) is 15.1 Å². The van der Waals surface area contributed by atoms with Crippen LogP contribution in [0, 0.1) is 12.3 Å². The summed E-state index contributed by atoms with van der Waals surface area (Å²) in [6.07, 6.45) is 6.36. The van der Waals surface area contributed by atoms with Crippen molar-refractivity contribution in [1.29, 1.82) is 0 Å². The Morgan fingerprint density at radius 3 is 3.00 bits per heavy atom. The second kappa shape index (κ2) is 6.09. The fourth-order valence-electron chi connectivity index (χ4n) is 1.45. The molecule has 4 heteroatoms. The van der Waals surface area contributed by atoms with Crippen molar-refractivity contribution in [2.24, 2.45) is 7.05 Å². The summed E-state index contributed by atoms with van der Waals surface area (Å²) in [7, 11) is 1.86. The molecule has 0 aromatic carbocycles. The minimum absolute atomic E-state index is 0.126. The molecule has 0 aliphatic carbocycles. The van der Waals surface area contributed by atoms with E-state index in [2.05, 4.69) is 16.3 Å². The molecule has 1 heterocycles. The standard InChI is InChI=1S/C12H17N3O/c1-4-6-13-9-12(16)8-11-7-10(5-2)14-15(11)3/h1,7,13H,5-6,8-9H2,2-3H3. The minimum atomic E-state index is 0.126. The average Bonchev–Trinajstić information content (AvgIpc) is 2.60. The van der Waals surface area contributed by atoms with E-state index in [1.807, 2.05) is 20.0 Å². The number of terminal acetylenes is 1. The molecule has 1 aromatic heterocycles. The molecule has 16 heavy (non-hydrogen) atoms. The third-order valence-electron chi connectivity index (χ3n) is 2.32. The summed E-state index contributed by atoms with van der Waals surface area (Å²) in [5, 5.41) is 7.17. The summed E-state index contributed by atoms with van der Waals surface area (Å²) in [6, 6.07) is 1.97. The van der Waals surface area contributed by atoms with E-state index < -0.39 is 0 Å². The van der Waals surface area contributed by atoms with Gasteiger partial charge < -0.3 is 0 Å². The second-order valence-electron chi connectivity index (χ2n) is 3.63. The van der Waals surface area contributed by atoms with Crippen LogP contribution in [0.25, 0.3) is 0 Å². The highest BCUT2D eigenvalue weighted by Gasteiger charge is 2.08. The van der Waals surface area contributed by atoms with Crippen molar-refractivity contribution in [3.8, 4) is 12.3 Å². The van der Waals surface area contributed by atoms with Gasteiger partial charge in [-0.3, -0.25) is 14.8 Å². The van der Waals surface area contributed by atoms with Gasteiger partial charge in [-0.15, -0.1) is 6.42 Å². The Hall–Kier alpha value is -1.60. The number of Topliss-reactive ketones (excluding diaryl/α,β-unsaturated/α-hetero) is 1. The van der Waals surface area contributed by atoms with Crippen molar-refractivity contribution in [2.75, 3.05) is 13.1 Å². The fraction of sp³-hybridized carbons (Fsp3) is 0.500. The van der Waals surface area contributed by atoms with Gasteiger partial charge in [-0.05, 0) is 12.5 Å². The molecule has 0 aliphatic rings. The number of nitrogens with zero attached hydrogens (tertiary/aromatic N) is 2. The van der Waals surface area contributed by atoms with Crippen LogP contribution in [0.15, 0.2) is 6.07 Å². The number of hydrogen-bond acceptors (Lipinski definition) is 3. The molecule has 0 spiro atoms. The highest BCUT2D eigenvalue weighted by atomic mass is 16.1. The Kier molecular flexibility index (Phi) is 4.74. The van der Waals surface area contributed by atoms with E-state index in [0.717, 1.165) is 17.8 Å². The Bertz CT molecular complexity index is 401. The fourth-order valence-corrected chi connectivity index (χ4v) is 1.45. The first-order chi connectivity index (χ1) is 7.67. The summed E-state index contributed by atoms with van der Waals surface area (Å²) >= 11 is 0. The van der Waals surface area contributed by atoms with Gasteiger partial charge in [0.05, 0.1) is 18.8 Å². The average molecular weight is 219 g/mol. The quantitative estimate of drug-likeness (QED) is 0.553. The summed E-state index contributed by atoms with van der Waals surface area (Å²) in [5.74, 6) is 2.56. The van der Waals surface area contributed by atoms with Crippen LogP contribution < -0.4 is 5.32 Å². The Balaban J connectivity index is 2.49. The molecule has 1 N–H and O–H groups in total. The zero-order valence-corrected chi connectivity index (χ0v) is 9.79. The van der Waals surface area contributed by atoms with Crippen LogP contribution in [0.5, 0.6) is 0 Å².